The Bertz CT molecular complexity index is 1090. The lowest BCUT2D eigenvalue weighted by Crippen LogP contribution is -2.46. The summed E-state index contributed by atoms with van der Waals surface area (Å²) in [7, 11) is 1.70. The molecule has 33 heavy (non-hydrogen) atoms. The van der Waals surface area contributed by atoms with E-state index < -0.39 is 0 Å². The summed E-state index contributed by atoms with van der Waals surface area (Å²) in [6.45, 7) is 4.46. The van der Waals surface area contributed by atoms with E-state index in [0.717, 1.165) is 49.7 Å². The maximum Gasteiger partial charge on any atom is 0.251 e. The van der Waals surface area contributed by atoms with E-state index in [1.807, 2.05) is 54.6 Å². The molecule has 1 saturated heterocycles. The SMILES string of the molecule is COc1ccccc1N1CCN(Cc2cccc(C(=O)NCC(=O)c3ccccc3)c2)CC1. The second-order valence-corrected chi connectivity index (χ2v) is 8.11. The first-order chi connectivity index (χ1) is 16.1. The number of carbonyl (C=O) groups excluding carboxylic acids is 2. The highest BCUT2D eigenvalue weighted by Gasteiger charge is 2.20. The Morgan fingerprint density at radius 3 is 2.30 bits per heavy atom. The number of anilines is 1. The number of methoxy groups -OCH3 is 1. The van der Waals surface area contributed by atoms with Gasteiger partial charge in [-0.05, 0) is 29.8 Å². The van der Waals surface area contributed by atoms with Gasteiger partial charge in [0, 0.05) is 43.9 Å². The lowest BCUT2D eigenvalue weighted by Gasteiger charge is -2.36. The minimum atomic E-state index is -0.234. The minimum Gasteiger partial charge on any atom is -0.495 e. The van der Waals surface area contributed by atoms with E-state index in [-0.39, 0.29) is 18.2 Å². The Morgan fingerprint density at radius 1 is 0.848 bits per heavy atom. The van der Waals surface area contributed by atoms with Crippen molar-refractivity contribution in [2.24, 2.45) is 0 Å². The summed E-state index contributed by atoms with van der Waals surface area (Å²) in [5.41, 5.74) is 3.38. The molecule has 1 aliphatic rings. The molecule has 6 nitrogen and oxygen atoms in total. The van der Waals surface area contributed by atoms with E-state index in [4.69, 9.17) is 4.74 Å². The van der Waals surface area contributed by atoms with Crippen LogP contribution in [0.4, 0.5) is 5.69 Å². The molecule has 0 spiro atoms. The van der Waals surface area contributed by atoms with Crippen LogP contribution in [-0.4, -0.2) is 56.4 Å². The third-order valence-electron chi connectivity index (χ3n) is 5.90. The number of hydrogen-bond acceptors (Lipinski definition) is 5. The smallest absolute Gasteiger partial charge is 0.251 e. The van der Waals surface area contributed by atoms with E-state index in [1.54, 1.807) is 25.3 Å². The monoisotopic (exact) mass is 443 g/mol. The van der Waals surface area contributed by atoms with Crippen LogP contribution < -0.4 is 15.0 Å². The number of nitrogens with one attached hydrogen (secondary N) is 1. The zero-order chi connectivity index (χ0) is 23.0. The molecule has 0 radical (unpaired) electrons. The molecule has 1 amide bonds. The van der Waals surface area contributed by atoms with Gasteiger partial charge in [0.2, 0.25) is 0 Å². The molecule has 0 saturated carbocycles. The molecule has 3 aromatic rings. The number of benzene rings is 3. The molecule has 0 unspecified atom stereocenters. The molecular weight excluding hydrogens is 414 g/mol. The van der Waals surface area contributed by atoms with Crippen LogP contribution >= 0.6 is 0 Å². The van der Waals surface area contributed by atoms with Gasteiger partial charge in [-0.2, -0.15) is 0 Å². The average molecular weight is 444 g/mol. The molecule has 1 heterocycles. The molecule has 4 rings (SSSR count). The van der Waals surface area contributed by atoms with Crippen molar-refractivity contribution in [1.29, 1.82) is 0 Å². The van der Waals surface area contributed by atoms with Crippen molar-refractivity contribution < 1.29 is 14.3 Å². The summed E-state index contributed by atoms with van der Waals surface area (Å²) in [5, 5.41) is 2.74. The van der Waals surface area contributed by atoms with Crippen LogP contribution in [0.3, 0.4) is 0 Å². The van der Waals surface area contributed by atoms with Crippen molar-refractivity contribution in [2.75, 3.05) is 44.7 Å². The van der Waals surface area contributed by atoms with Crippen molar-refractivity contribution >= 4 is 17.4 Å². The Labute approximate surface area is 194 Å². The van der Waals surface area contributed by atoms with Crippen LogP contribution in [0.5, 0.6) is 5.75 Å². The number of ether oxygens (including phenoxy) is 1. The third kappa shape index (κ3) is 5.79. The third-order valence-corrected chi connectivity index (χ3v) is 5.90. The van der Waals surface area contributed by atoms with Crippen molar-refractivity contribution in [1.82, 2.24) is 10.2 Å². The molecule has 6 heteroatoms. The number of piperazine rings is 1. The van der Waals surface area contributed by atoms with Gasteiger partial charge in [-0.25, -0.2) is 0 Å². The average Bonchev–Trinajstić information content (AvgIpc) is 2.88. The van der Waals surface area contributed by atoms with Gasteiger partial charge in [-0.1, -0.05) is 54.6 Å². The van der Waals surface area contributed by atoms with Gasteiger partial charge in [0.25, 0.3) is 5.91 Å². The van der Waals surface area contributed by atoms with Crippen molar-refractivity contribution in [3.8, 4) is 5.75 Å². The number of rotatable bonds is 8. The van der Waals surface area contributed by atoms with Crippen LogP contribution in [0.15, 0.2) is 78.9 Å². The molecular formula is C27H29N3O3. The molecule has 1 N–H and O–H groups in total. The highest BCUT2D eigenvalue weighted by molar-refractivity contribution is 6.02. The second-order valence-electron chi connectivity index (χ2n) is 8.11. The quantitative estimate of drug-likeness (QED) is 0.539. The standard InChI is InChI=1S/C27H29N3O3/c1-33-26-13-6-5-12-24(26)30-16-14-29(15-17-30)20-21-8-7-11-23(18-21)27(32)28-19-25(31)22-9-3-2-4-10-22/h2-13,18H,14-17,19-20H2,1H3,(H,28,32). The second kappa shape index (κ2) is 10.8. The van der Waals surface area contributed by atoms with Crippen LogP contribution in [-0.2, 0) is 6.54 Å². The fourth-order valence-corrected chi connectivity index (χ4v) is 4.10. The molecule has 0 atom stereocenters. The van der Waals surface area contributed by atoms with Gasteiger partial charge in [-0.3, -0.25) is 14.5 Å². The Kier molecular flexibility index (Phi) is 7.37. The number of Topliss-reactive ketones (excluding diaryl/α,β-unsaturated/α-hetero) is 1. The zero-order valence-electron chi connectivity index (χ0n) is 18.9. The van der Waals surface area contributed by atoms with Crippen molar-refractivity contribution in [3.63, 3.8) is 0 Å². The largest absolute Gasteiger partial charge is 0.495 e. The van der Waals surface area contributed by atoms with Crippen molar-refractivity contribution in [3.05, 3.63) is 95.6 Å². The lowest BCUT2D eigenvalue weighted by molar-refractivity contribution is 0.0904. The predicted molar refractivity (Wildman–Crippen MR) is 130 cm³/mol. The first-order valence-corrected chi connectivity index (χ1v) is 11.2. The maximum absolute atomic E-state index is 12.6. The first-order valence-electron chi connectivity index (χ1n) is 11.2. The van der Waals surface area contributed by atoms with Gasteiger partial charge in [0.1, 0.15) is 5.75 Å². The molecule has 3 aromatic carbocycles. The number of hydrogen-bond donors (Lipinski definition) is 1. The highest BCUT2D eigenvalue weighted by atomic mass is 16.5. The minimum absolute atomic E-state index is 0.0159. The highest BCUT2D eigenvalue weighted by Crippen LogP contribution is 2.28. The van der Waals surface area contributed by atoms with Gasteiger partial charge >= 0.3 is 0 Å². The molecule has 0 aliphatic carbocycles. The van der Waals surface area contributed by atoms with E-state index >= 15 is 0 Å². The summed E-state index contributed by atoms with van der Waals surface area (Å²) in [5.74, 6) is 0.561. The van der Waals surface area contributed by atoms with Crippen LogP contribution in [0.1, 0.15) is 26.3 Å². The van der Waals surface area contributed by atoms with Crippen molar-refractivity contribution in [2.45, 2.75) is 6.54 Å². The van der Waals surface area contributed by atoms with Crippen LogP contribution in [0.25, 0.3) is 0 Å². The van der Waals surface area contributed by atoms with Gasteiger partial charge in [-0.15, -0.1) is 0 Å². The van der Waals surface area contributed by atoms with E-state index in [2.05, 4.69) is 21.2 Å². The number of amides is 1. The van der Waals surface area contributed by atoms with Crippen LogP contribution in [0.2, 0.25) is 0 Å². The lowest BCUT2D eigenvalue weighted by atomic mass is 10.1. The number of carbonyl (C=O) groups is 2. The predicted octanol–water partition coefficient (Wildman–Crippen LogP) is 3.63. The topological polar surface area (TPSA) is 61.9 Å². The van der Waals surface area contributed by atoms with E-state index in [1.165, 1.54) is 0 Å². The number of nitrogens with zero attached hydrogens (tertiary/aromatic N) is 2. The summed E-state index contributed by atoms with van der Waals surface area (Å²) in [4.78, 5) is 29.6. The molecule has 1 fully saturated rings. The molecule has 0 aromatic heterocycles. The van der Waals surface area contributed by atoms with Gasteiger partial charge in [0.05, 0.1) is 19.3 Å². The molecule has 1 aliphatic heterocycles. The first kappa shape index (κ1) is 22.6. The molecule has 0 bridgehead atoms. The Hall–Kier alpha value is -3.64. The van der Waals surface area contributed by atoms with Crippen LogP contribution in [0, 0.1) is 0 Å². The van der Waals surface area contributed by atoms with Gasteiger partial charge in [0.15, 0.2) is 5.78 Å². The normalized spacial score (nSPS) is 14.0. The summed E-state index contributed by atoms with van der Waals surface area (Å²) in [6, 6.07) is 24.7. The van der Waals surface area contributed by atoms with E-state index in [9.17, 15) is 9.59 Å². The Morgan fingerprint density at radius 2 is 1.55 bits per heavy atom. The maximum atomic E-state index is 12.6. The fourth-order valence-electron chi connectivity index (χ4n) is 4.10. The fraction of sp³-hybridized carbons (Fsp3) is 0.259. The summed E-state index contributed by atoms with van der Waals surface area (Å²) in [6.07, 6.45) is 0. The summed E-state index contributed by atoms with van der Waals surface area (Å²) >= 11 is 0. The molecule has 170 valence electrons. The number of ketones is 1. The zero-order valence-corrected chi connectivity index (χ0v) is 18.9. The van der Waals surface area contributed by atoms with E-state index in [0.29, 0.717) is 11.1 Å². The van der Waals surface area contributed by atoms with Gasteiger partial charge < -0.3 is 15.0 Å². The Balaban J connectivity index is 1.30. The number of para-hydroxylation sites is 2. The summed E-state index contributed by atoms with van der Waals surface area (Å²) < 4.78 is 5.50.